The minimum absolute atomic E-state index is 0.0165. The summed E-state index contributed by atoms with van der Waals surface area (Å²) in [4.78, 5) is 29.9. The molecule has 0 fully saturated rings. The highest BCUT2D eigenvalue weighted by atomic mass is 16.6. The normalized spacial score (nSPS) is 15.5. The number of rotatable bonds is 40. The number of carbonyl (C=O) groups excluding carboxylic acids is 2. The topological polar surface area (TPSA) is 182 Å². The van der Waals surface area contributed by atoms with Crippen molar-refractivity contribution in [2.75, 3.05) is 19.8 Å². The Morgan fingerprint density at radius 3 is 0.897 bits per heavy atom. The first-order chi connectivity index (χ1) is 62.1. The van der Waals surface area contributed by atoms with E-state index in [0.717, 1.165) is 55.6 Å². The van der Waals surface area contributed by atoms with Crippen molar-refractivity contribution in [2.45, 2.75) is 123 Å². The van der Waals surface area contributed by atoms with Gasteiger partial charge in [-0.15, -0.1) is 0 Å². The predicted molar refractivity (Wildman–Crippen MR) is 478 cm³/mol. The zero-order chi connectivity index (χ0) is 86.0. The maximum absolute atomic E-state index is 15.2. The summed E-state index contributed by atoms with van der Waals surface area (Å²) in [5.74, 6) is 0.477. The van der Waals surface area contributed by atoms with E-state index in [1.54, 1.807) is 0 Å². The van der Waals surface area contributed by atoms with Crippen molar-refractivity contribution in [1.82, 2.24) is 0 Å². The molecule has 638 valence electrons. The van der Waals surface area contributed by atoms with Gasteiger partial charge in [0.05, 0.1) is 24.7 Å². The van der Waals surface area contributed by atoms with Crippen molar-refractivity contribution in [3.63, 3.8) is 0 Å². The van der Waals surface area contributed by atoms with Gasteiger partial charge in [0.2, 0.25) is 11.5 Å². The second-order valence-corrected chi connectivity index (χ2v) is 30.5. The predicted octanol–water partition coefficient (Wildman–Crippen LogP) is 22.8. The number of carbonyl (C=O) groups is 2. The van der Waals surface area contributed by atoms with Crippen LogP contribution in [-0.2, 0) is 94.6 Å². The van der Waals surface area contributed by atoms with Crippen molar-refractivity contribution in [1.29, 1.82) is 0 Å². The summed E-state index contributed by atoms with van der Waals surface area (Å²) in [7, 11) is 0. The average molecular weight is 1680 g/mol. The molecule has 18 heteroatoms. The first-order valence-corrected chi connectivity index (χ1v) is 42.4. The third kappa shape index (κ3) is 22.1. The summed E-state index contributed by atoms with van der Waals surface area (Å²) < 4.78 is 115. The van der Waals surface area contributed by atoms with Gasteiger partial charge in [0.1, 0.15) is 107 Å². The number of hydrogen-bond acceptors (Lipinski definition) is 18. The fourth-order valence-electron chi connectivity index (χ4n) is 15.4. The summed E-state index contributed by atoms with van der Waals surface area (Å²) in [6, 6.07) is 111. The van der Waals surface area contributed by atoms with Gasteiger partial charge in [-0.2, -0.15) is 0 Å². The minimum atomic E-state index is -1.47. The van der Waals surface area contributed by atoms with Crippen LogP contribution in [0.4, 0.5) is 0 Å². The lowest BCUT2D eigenvalue weighted by atomic mass is 9.76. The molecule has 2 heterocycles. The quantitative estimate of drug-likeness (QED) is 0.0261. The highest BCUT2D eigenvalue weighted by Gasteiger charge is 2.53. The van der Waals surface area contributed by atoms with Crippen LogP contribution in [0.5, 0.6) is 69.0 Å². The maximum Gasteiger partial charge on any atom is 0.303 e. The SMILES string of the molecule is CCOCCO[C@H]1c2c(OCc3ccccc3)cc(OCc3ccccc3)c([C@H]3c4c(OCc5ccccc5)cc(OCc5ccccc5)cc4O[C@H](c4cc(OCc5ccccc5)c(OCc5ccccc5)c(OCc5ccccc5)c4)[C@@H]3OC(C)=O)c2O[C@H](c2cc(OCc3ccccc3)c(OCc3ccccc3)c(OCc3ccccc3)c2)[C@@H]1OC(C)=O. The van der Waals surface area contributed by atoms with Gasteiger partial charge < -0.3 is 75.8 Å². The second kappa shape index (κ2) is 42.6. The lowest BCUT2D eigenvalue weighted by Crippen LogP contribution is -2.42. The van der Waals surface area contributed by atoms with Crippen LogP contribution in [0.1, 0.15) is 128 Å². The van der Waals surface area contributed by atoms with E-state index in [9.17, 15) is 4.79 Å². The van der Waals surface area contributed by atoms with E-state index in [-0.39, 0.29) is 137 Å². The number of fused-ring (bicyclic) bond motifs is 2. The Labute approximate surface area is 734 Å². The van der Waals surface area contributed by atoms with E-state index in [2.05, 4.69) is 0 Å². The van der Waals surface area contributed by atoms with Crippen molar-refractivity contribution in [3.8, 4) is 69.0 Å². The lowest BCUT2D eigenvalue weighted by Gasteiger charge is -2.44. The summed E-state index contributed by atoms with van der Waals surface area (Å²) in [6.07, 6.45) is -6.87. The third-order valence-electron chi connectivity index (χ3n) is 21.4. The molecule has 0 saturated carbocycles. The average Bonchev–Trinajstić information content (AvgIpc) is 0.711. The number of esters is 2. The number of hydrogen-bond donors (Lipinski definition) is 0. The second-order valence-electron chi connectivity index (χ2n) is 30.5. The van der Waals surface area contributed by atoms with Gasteiger partial charge >= 0.3 is 11.9 Å². The molecule has 0 aromatic heterocycles. The van der Waals surface area contributed by atoms with Gasteiger partial charge in [-0.25, -0.2) is 0 Å². The molecule has 126 heavy (non-hydrogen) atoms. The van der Waals surface area contributed by atoms with Gasteiger partial charge in [-0.3, -0.25) is 9.59 Å². The molecule has 0 radical (unpaired) electrons. The smallest absolute Gasteiger partial charge is 0.303 e. The van der Waals surface area contributed by atoms with Gasteiger partial charge in [0.15, 0.2) is 47.4 Å². The Kier molecular flexibility index (Phi) is 28.7. The summed E-state index contributed by atoms with van der Waals surface area (Å²) in [6.45, 7) is 5.83. The Balaban J connectivity index is 0.993. The first kappa shape index (κ1) is 85.1. The van der Waals surface area contributed by atoms with Crippen molar-refractivity contribution in [2.24, 2.45) is 0 Å². The molecular formula is C108H98O18. The summed E-state index contributed by atoms with van der Waals surface area (Å²) in [5.41, 5.74) is 10.4. The van der Waals surface area contributed by atoms with E-state index < -0.39 is 48.4 Å². The van der Waals surface area contributed by atoms with Crippen LogP contribution < -0.4 is 56.8 Å². The molecule has 14 aromatic rings. The van der Waals surface area contributed by atoms with E-state index in [1.807, 2.05) is 353 Å². The number of benzene rings is 14. The summed E-state index contributed by atoms with van der Waals surface area (Å²) >= 11 is 0. The van der Waals surface area contributed by atoms with E-state index in [4.69, 9.17) is 75.8 Å². The molecule has 0 unspecified atom stereocenters. The fraction of sp³-hybridized carbons (Fsp3) is 0.204. The molecule has 0 spiro atoms. The van der Waals surface area contributed by atoms with E-state index >= 15 is 4.79 Å². The lowest BCUT2D eigenvalue weighted by molar-refractivity contribution is -0.171. The molecule has 18 nitrogen and oxygen atoms in total. The van der Waals surface area contributed by atoms with Gasteiger partial charge in [0.25, 0.3) is 0 Å². The van der Waals surface area contributed by atoms with Crippen molar-refractivity contribution in [3.05, 3.63) is 429 Å². The molecule has 2 aliphatic rings. The number of ether oxygens (including phenoxy) is 16. The Bertz CT molecular complexity index is 5690. The van der Waals surface area contributed by atoms with Gasteiger partial charge in [0, 0.05) is 60.9 Å². The van der Waals surface area contributed by atoms with Crippen molar-refractivity contribution < 1.29 is 85.4 Å². The monoisotopic (exact) mass is 1680 g/mol. The molecule has 0 aliphatic carbocycles. The highest BCUT2D eigenvalue weighted by Crippen LogP contribution is 2.62. The zero-order valence-corrected chi connectivity index (χ0v) is 70.4. The minimum Gasteiger partial charge on any atom is -0.489 e. The standard InChI is InChI=1S/C108H98O18/c1-4-111-55-56-112-106-99-91(116-67-79-41-21-8-22-42-79)63-90(115-66-78-39-19-7-20-40-78)98(105(99)126-102(108(106)124-75(3)110)87-59-95(119-70-82-47-27-11-28-48-82)104(122-73-85-53-33-14-34-54-85)96(60-87)120-71-83-49-29-12-30-50-83)100-97-89(114-65-77-37-17-6-18-38-77)61-88(113-64-76-35-15-5-16-36-76)62-92(97)125-101(107(100)123-74(2)109)86-57-93(117-68-80-43-23-9-24-44-80)103(121-72-84-51-31-13-32-52-84)94(58-86)118-69-81-45-25-10-26-46-81/h5-54,57-63,100-102,106-108H,4,55-56,64-73H2,1-3H3/t100-,101-,102-,106+,107-,108+/m1/s1. The van der Waals surface area contributed by atoms with E-state index in [1.165, 1.54) is 13.8 Å². The van der Waals surface area contributed by atoms with Crippen LogP contribution in [0.15, 0.2) is 346 Å². The molecular weight excluding hydrogens is 1590 g/mol. The molecule has 0 N–H and O–H groups in total. The first-order valence-electron chi connectivity index (χ1n) is 42.4. The Hall–Kier alpha value is -14.5. The zero-order valence-electron chi connectivity index (χ0n) is 70.4. The molecule has 6 atom stereocenters. The fourth-order valence-corrected chi connectivity index (χ4v) is 15.4. The molecule has 2 aliphatic heterocycles. The molecule has 0 bridgehead atoms. The van der Waals surface area contributed by atoms with Crippen LogP contribution in [0.25, 0.3) is 0 Å². The van der Waals surface area contributed by atoms with Crippen LogP contribution in [0.2, 0.25) is 0 Å². The maximum atomic E-state index is 15.2. The van der Waals surface area contributed by atoms with Gasteiger partial charge in [-0.05, 0) is 86.8 Å². The molecule has 16 rings (SSSR count). The molecule has 0 amide bonds. The van der Waals surface area contributed by atoms with Crippen LogP contribution in [0, 0.1) is 0 Å². The Morgan fingerprint density at radius 2 is 0.571 bits per heavy atom. The van der Waals surface area contributed by atoms with E-state index in [0.29, 0.717) is 45.9 Å². The van der Waals surface area contributed by atoms with Gasteiger partial charge in [-0.1, -0.05) is 303 Å². The third-order valence-corrected chi connectivity index (χ3v) is 21.4. The van der Waals surface area contributed by atoms with Crippen LogP contribution in [0.3, 0.4) is 0 Å². The largest absolute Gasteiger partial charge is 0.489 e. The highest BCUT2D eigenvalue weighted by molar-refractivity contribution is 5.72. The summed E-state index contributed by atoms with van der Waals surface area (Å²) in [5, 5.41) is 0. The van der Waals surface area contributed by atoms with Crippen LogP contribution >= 0.6 is 0 Å². The van der Waals surface area contributed by atoms with Crippen molar-refractivity contribution >= 4 is 11.9 Å². The Morgan fingerprint density at radius 1 is 0.286 bits per heavy atom. The van der Waals surface area contributed by atoms with Crippen LogP contribution in [-0.4, -0.2) is 44.0 Å². The molecule has 0 saturated heterocycles. The molecule has 14 aromatic carbocycles.